The zero-order valence-corrected chi connectivity index (χ0v) is 37.7. The van der Waals surface area contributed by atoms with Gasteiger partial charge < -0.3 is 5.73 Å². The molecule has 10 aromatic rings. The molecule has 0 unspecified atom stereocenters. The molecule has 0 bridgehead atoms. The molecule has 2 heteroatoms. The van der Waals surface area contributed by atoms with Gasteiger partial charge in [-0.2, -0.15) is 0 Å². The van der Waals surface area contributed by atoms with Gasteiger partial charge in [-0.25, -0.2) is 0 Å². The fraction of sp³-hybridized carbons (Fsp3) is 0.0625. The minimum atomic E-state index is -0.306. The smallest absolute Gasteiger partial charge is 0.0713 e. The monoisotopic (exact) mass is 913 g/mol. The van der Waals surface area contributed by atoms with Crippen LogP contribution in [-0.4, -0.2) is 0 Å². The van der Waals surface area contributed by atoms with E-state index < -0.39 is 0 Å². The lowest BCUT2D eigenvalue weighted by Gasteiger charge is -2.34. The average Bonchev–Trinajstić information content (AvgIpc) is 3.85. The number of benzene rings is 10. The summed E-state index contributed by atoms with van der Waals surface area (Å²) in [6, 6.07) is 95.5. The highest BCUT2D eigenvalue weighted by atomic mass is 79.9. The zero-order valence-electron chi connectivity index (χ0n) is 36.1. The number of nitrogen functional groups attached to an aromatic ring is 1. The normalized spacial score (nSPS) is 12.9. The van der Waals surface area contributed by atoms with Gasteiger partial charge in [0.15, 0.2) is 0 Å². The third-order valence-corrected chi connectivity index (χ3v) is 13.6. The molecule has 0 amide bonds. The lowest BCUT2D eigenvalue weighted by molar-refractivity contribution is 0.767. The molecule has 2 N–H and O–H groups in total. The standard InChI is InChI=1S/C32H24.C25H17Br.C6H7N.CH4/c1-3-11-24(12-4-1)23-25-19-21-27(22-20-25)32(26-13-5-2-6-14-26)30-17-9-7-15-28(30)29-16-8-10-18-31(29)32;26-20-16-14-19(15-17-20)25(18-8-2-1-3-9-18)23-12-6-4-10-21(23)22-11-5-7-13-24(22)25;7-6-4-2-1-3-5-6;/h1-22H,23H2;1-17H;1-5H,7H2;1H4. The maximum absolute atomic E-state index is 5.36. The van der Waals surface area contributed by atoms with Crippen molar-refractivity contribution in [3.8, 4) is 22.3 Å². The van der Waals surface area contributed by atoms with Crippen LogP contribution < -0.4 is 5.73 Å². The minimum Gasteiger partial charge on any atom is -0.399 e. The summed E-state index contributed by atoms with van der Waals surface area (Å²) in [5, 5.41) is 0. The molecular formula is C64H52BrN. The molecule has 0 fully saturated rings. The van der Waals surface area contributed by atoms with Crippen LogP contribution in [0.2, 0.25) is 0 Å². The Morgan fingerprint density at radius 3 is 0.909 bits per heavy atom. The fourth-order valence-electron chi connectivity index (χ4n) is 10.3. The number of para-hydroxylation sites is 1. The van der Waals surface area contributed by atoms with Crippen LogP contribution in [0.3, 0.4) is 0 Å². The maximum atomic E-state index is 5.36. The van der Waals surface area contributed by atoms with Crippen molar-refractivity contribution in [1.82, 2.24) is 0 Å². The number of halogens is 1. The van der Waals surface area contributed by atoms with Gasteiger partial charge in [0.25, 0.3) is 0 Å². The Balaban J connectivity index is 0.000000145. The topological polar surface area (TPSA) is 26.0 Å². The second-order valence-electron chi connectivity index (χ2n) is 16.7. The van der Waals surface area contributed by atoms with Crippen LogP contribution in [0.1, 0.15) is 63.1 Å². The molecule has 0 atom stereocenters. The van der Waals surface area contributed by atoms with Crippen LogP contribution in [0.4, 0.5) is 5.69 Å². The van der Waals surface area contributed by atoms with Crippen LogP contribution in [0, 0.1) is 0 Å². The van der Waals surface area contributed by atoms with Gasteiger partial charge in [-0.15, -0.1) is 0 Å². The Morgan fingerprint density at radius 2 is 0.561 bits per heavy atom. The van der Waals surface area contributed by atoms with Crippen molar-refractivity contribution in [3.05, 3.63) is 327 Å². The average molecular weight is 915 g/mol. The number of nitrogens with two attached hydrogens (primary N) is 1. The van der Waals surface area contributed by atoms with Crippen LogP contribution in [0.5, 0.6) is 0 Å². The molecule has 12 rings (SSSR count). The molecular weight excluding hydrogens is 863 g/mol. The number of anilines is 1. The molecule has 1 nitrogen and oxygen atoms in total. The van der Waals surface area contributed by atoms with E-state index in [2.05, 4.69) is 253 Å². The SMILES string of the molecule is Brc1ccc(C2(c3ccccc3)c3ccccc3-c3ccccc32)cc1.C.Nc1ccccc1.c1ccc(Cc2ccc(C3(c4ccccc4)c4ccccc4-c4ccccc43)cc2)cc1. The second kappa shape index (κ2) is 19.3. The van der Waals surface area contributed by atoms with E-state index in [9.17, 15) is 0 Å². The van der Waals surface area contributed by atoms with E-state index in [4.69, 9.17) is 5.73 Å². The third kappa shape index (κ3) is 7.89. The van der Waals surface area contributed by atoms with E-state index in [-0.39, 0.29) is 18.3 Å². The minimum absolute atomic E-state index is 0. The maximum Gasteiger partial charge on any atom is 0.0713 e. The van der Waals surface area contributed by atoms with Gasteiger partial charge in [-0.3, -0.25) is 0 Å². The predicted molar refractivity (Wildman–Crippen MR) is 282 cm³/mol. The van der Waals surface area contributed by atoms with E-state index in [0.717, 1.165) is 16.6 Å². The molecule has 10 aromatic carbocycles. The van der Waals surface area contributed by atoms with Gasteiger partial charge in [0.05, 0.1) is 10.8 Å². The Bertz CT molecular complexity index is 3070. The van der Waals surface area contributed by atoms with Crippen LogP contribution in [0.15, 0.2) is 271 Å². The first-order valence-corrected chi connectivity index (χ1v) is 23.1. The summed E-state index contributed by atoms with van der Waals surface area (Å²) in [6.07, 6.45) is 0.951. The number of rotatable bonds is 6. The highest BCUT2D eigenvalue weighted by molar-refractivity contribution is 9.10. The van der Waals surface area contributed by atoms with Crippen molar-refractivity contribution in [1.29, 1.82) is 0 Å². The molecule has 0 aliphatic heterocycles. The van der Waals surface area contributed by atoms with E-state index in [1.807, 2.05) is 30.3 Å². The molecule has 66 heavy (non-hydrogen) atoms. The van der Waals surface area contributed by atoms with Gasteiger partial charge in [-0.05, 0) is 109 Å². The van der Waals surface area contributed by atoms with Gasteiger partial charge in [0, 0.05) is 10.2 Å². The summed E-state index contributed by atoms with van der Waals surface area (Å²) in [7, 11) is 0. The number of fused-ring (bicyclic) bond motifs is 6. The highest BCUT2D eigenvalue weighted by Crippen LogP contribution is 2.57. The van der Waals surface area contributed by atoms with E-state index in [0.29, 0.717) is 0 Å². The summed E-state index contributed by atoms with van der Waals surface area (Å²) in [5.41, 5.74) is 24.3. The van der Waals surface area contributed by atoms with Crippen molar-refractivity contribution in [2.45, 2.75) is 24.7 Å². The van der Waals surface area contributed by atoms with Crippen LogP contribution in [0.25, 0.3) is 22.3 Å². The summed E-state index contributed by atoms with van der Waals surface area (Å²) in [4.78, 5) is 0. The van der Waals surface area contributed by atoms with Gasteiger partial charge in [0.2, 0.25) is 0 Å². The summed E-state index contributed by atoms with van der Waals surface area (Å²) < 4.78 is 1.10. The quantitative estimate of drug-likeness (QED) is 0.165. The Morgan fingerprint density at radius 1 is 0.288 bits per heavy atom. The summed E-state index contributed by atoms with van der Waals surface area (Å²) in [5.74, 6) is 0. The van der Waals surface area contributed by atoms with Crippen LogP contribution >= 0.6 is 15.9 Å². The third-order valence-electron chi connectivity index (χ3n) is 13.0. The molecule has 0 saturated heterocycles. The molecule has 2 aliphatic rings. The van der Waals surface area contributed by atoms with Gasteiger partial charge >= 0.3 is 0 Å². The molecule has 320 valence electrons. The van der Waals surface area contributed by atoms with Crippen molar-refractivity contribution < 1.29 is 0 Å². The lowest BCUT2D eigenvalue weighted by atomic mass is 9.67. The Labute approximate surface area is 399 Å². The fourth-order valence-corrected chi connectivity index (χ4v) is 10.5. The molecule has 0 heterocycles. The largest absolute Gasteiger partial charge is 0.399 e. The summed E-state index contributed by atoms with van der Waals surface area (Å²) >= 11 is 3.59. The van der Waals surface area contributed by atoms with E-state index in [1.165, 1.54) is 77.9 Å². The molecule has 0 radical (unpaired) electrons. The van der Waals surface area contributed by atoms with Gasteiger partial charge in [-0.1, -0.05) is 266 Å². The zero-order chi connectivity index (χ0) is 44.1. The lowest BCUT2D eigenvalue weighted by Crippen LogP contribution is -2.28. The number of hydrogen-bond donors (Lipinski definition) is 1. The van der Waals surface area contributed by atoms with Crippen LogP contribution in [-0.2, 0) is 17.3 Å². The summed E-state index contributed by atoms with van der Waals surface area (Å²) in [6.45, 7) is 0. The van der Waals surface area contributed by atoms with E-state index >= 15 is 0 Å². The van der Waals surface area contributed by atoms with Crippen molar-refractivity contribution >= 4 is 21.6 Å². The second-order valence-corrected chi connectivity index (χ2v) is 17.6. The number of hydrogen-bond acceptors (Lipinski definition) is 1. The van der Waals surface area contributed by atoms with E-state index in [1.54, 1.807) is 0 Å². The molecule has 2 aliphatic carbocycles. The first-order valence-electron chi connectivity index (χ1n) is 22.3. The Kier molecular flexibility index (Phi) is 12.8. The predicted octanol–water partition coefficient (Wildman–Crippen LogP) is 16.4. The van der Waals surface area contributed by atoms with Crippen molar-refractivity contribution in [2.24, 2.45) is 0 Å². The van der Waals surface area contributed by atoms with Crippen molar-refractivity contribution in [2.75, 3.05) is 5.73 Å². The first kappa shape index (κ1) is 43.7. The first-order chi connectivity index (χ1) is 32.1. The highest BCUT2D eigenvalue weighted by Gasteiger charge is 2.47. The van der Waals surface area contributed by atoms with Crippen molar-refractivity contribution in [3.63, 3.8) is 0 Å². The molecule has 0 aromatic heterocycles. The molecule has 0 spiro atoms. The Hall–Kier alpha value is -7.52. The molecule has 0 saturated carbocycles. The van der Waals surface area contributed by atoms with Gasteiger partial charge in [0.1, 0.15) is 0 Å².